The third kappa shape index (κ3) is 3.21. The zero-order valence-corrected chi connectivity index (χ0v) is 11.8. The maximum Gasteiger partial charge on any atom is 0.185 e. The van der Waals surface area contributed by atoms with Gasteiger partial charge in [0.25, 0.3) is 0 Å². The molecule has 0 heterocycles. The SMILES string of the molecule is CC(=O)C(C)(O[Si](C)(C)C)C(C)(C)C. The van der Waals surface area contributed by atoms with Gasteiger partial charge >= 0.3 is 0 Å². The van der Waals surface area contributed by atoms with E-state index in [1.165, 1.54) is 0 Å². The lowest BCUT2D eigenvalue weighted by Crippen LogP contribution is -2.53. The zero-order chi connectivity index (χ0) is 11.8. The minimum atomic E-state index is -1.69. The van der Waals surface area contributed by atoms with Crippen LogP contribution in [0.3, 0.4) is 0 Å². The molecule has 1 unspecified atom stereocenters. The first-order chi connectivity index (χ1) is 5.90. The van der Waals surface area contributed by atoms with Crippen molar-refractivity contribution in [2.45, 2.75) is 59.9 Å². The number of rotatable bonds is 3. The van der Waals surface area contributed by atoms with Crippen LogP contribution in [-0.2, 0) is 9.22 Å². The van der Waals surface area contributed by atoms with E-state index in [-0.39, 0.29) is 11.2 Å². The molecule has 0 aromatic carbocycles. The summed E-state index contributed by atoms with van der Waals surface area (Å²) in [6.07, 6.45) is 0. The number of hydrogen-bond donors (Lipinski definition) is 0. The van der Waals surface area contributed by atoms with E-state index >= 15 is 0 Å². The molecule has 0 rings (SSSR count). The summed E-state index contributed by atoms with van der Waals surface area (Å²) < 4.78 is 6.04. The van der Waals surface area contributed by atoms with Crippen molar-refractivity contribution < 1.29 is 9.22 Å². The normalized spacial score (nSPS) is 17.7. The predicted molar refractivity (Wildman–Crippen MR) is 63.0 cm³/mol. The molecule has 84 valence electrons. The number of ketones is 1. The quantitative estimate of drug-likeness (QED) is 0.677. The van der Waals surface area contributed by atoms with Gasteiger partial charge in [-0.25, -0.2) is 0 Å². The van der Waals surface area contributed by atoms with Gasteiger partial charge < -0.3 is 4.43 Å². The molecule has 0 aliphatic rings. The summed E-state index contributed by atoms with van der Waals surface area (Å²) in [5, 5.41) is 0. The zero-order valence-electron chi connectivity index (χ0n) is 10.8. The van der Waals surface area contributed by atoms with Crippen LogP contribution in [0.4, 0.5) is 0 Å². The standard InChI is InChI=1S/C11H24O2Si/c1-9(12)11(5,10(2,3)4)13-14(6,7)8/h1-8H3. The second kappa shape index (κ2) is 3.78. The molecule has 0 saturated carbocycles. The van der Waals surface area contributed by atoms with E-state index in [1.807, 2.05) is 6.92 Å². The van der Waals surface area contributed by atoms with Gasteiger partial charge in [0.2, 0.25) is 0 Å². The summed E-state index contributed by atoms with van der Waals surface area (Å²) in [7, 11) is -1.69. The Balaban J connectivity index is 5.04. The Labute approximate surface area is 89.2 Å². The predicted octanol–water partition coefficient (Wildman–Crippen LogP) is 3.23. The Morgan fingerprint density at radius 3 is 1.50 bits per heavy atom. The van der Waals surface area contributed by atoms with E-state index in [9.17, 15) is 4.79 Å². The molecule has 0 amide bonds. The Bertz CT molecular complexity index is 222. The van der Waals surface area contributed by atoms with E-state index in [1.54, 1.807) is 6.92 Å². The highest BCUT2D eigenvalue weighted by atomic mass is 28.4. The van der Waals surface area contributed by atoms with Gasteiger partial charge in [-0.3, -0.25) is 4.79 Å². The van der Waals surface area contributed by atoms with E-state index in [4.69, 9.17) is 4.43 Å². The van der Waals surface area contributed by atoms with Gasteiger partial charge in [-0.2, -0.15) is 0 Å². The third-order valence-corrected chi connectivity index (χ3v) is 3.63. The van der Waals surface area contributed by atoms with Crippen molar-refractivity contribution in [2.24, 2.45) is 5.41 Å². The minimum absolute atomic E-state index is 0.118. The van der Waals surface area contributed by atoms with Crippen LogP contribution in [0, 0.1) is 5.41 Å². The van der Waals surface area contributed by atoms with Crippen LogP contribution in [-0.4, -0.2) is 19.7 Å². The molecular formula is C11H24O2Si. The van der Waals surface area contributed by atoms with Crippen LogP contribution < -0.4 is 0 Å². The molecule has 0 N–H and O–H groups in total. The van der Waals surface area contributed by atoms with Crippen molar-refractivity contribution in [3.63, 3.8) is 0 Å². The van der Waals surface area contributed by atoms with Crippen molar-refractivity contribution in [1.82, 2.24) is 0 Å². The average molecular weight is 216 g/mol. The maximum absolute atomic E-state index is 11.7. The summed E-state index contributed by atoms with van der Waals surface area (Å²) in [5.41, 5.74) is -0.809. The van der Waals surface area contributed by atoms with E-state index < -0.39 is 13.9 Å². The number of hydrogen-bond acceptors (Lipinski definition) is 2. The van der Waals surface area contributed by atoms with Crippen molar-refractivity contribution in [3.8, 4) is 0 Å². The Hall–Kier alpha value is -0.153. The van der Waals surface area contributed by atoms with Crippen molar-refractivity contribution >= 4 is 14.1 Å². The molecular weight excluding hydrogens is 192 g/mol. The Morgan fingerprint density at radius 2 is 1.43 bits per heavy atom. The summed E-state index contributed by atoms with van der Waals surface area (Å²) in [4.78, 5) is 11.7. The smallest absolute Gasteiger partial charge is 0.185 e. The first-order valence-corrected chi connectivity index (χ1v) is 8.52. The van der Waals surface area contributed by atoms with Gasteiger partial charge in [0.05, 0.1) is 0 Å². The lowest BCUT2D eigenvalue weighted by atomic mass is 9.75. The molecule has 0 saturated heterocycles. The first-order valence-electron chi connectivity index (χ1n) is 5.11. The van der Waals surface area contributed by atoms with Gasteiger partial charge in [-0.15, -0.1) is 0 Å². The fourth-order valence-electron chi connectivity index (χ4n) is 1.37. The molecule has 0 aliphatic carbocycles. The highest BCUT2D eigenvalue weighted by Gasteiger charge is 2.45. The third-order valence-electron chi connectivity index (χ3n) is 2.61. The van der Waals surface area contributed by atoms with Gasteiger partial charge in [0.15, 0.2) is 14.1 Å². The van der Waals surface area contributed by atoms with E-state index in [0.29, 0.717) is 0 Å². The number of Topliss-reactive ketones (excluding diaryl/α,β-unsaturated/α-hetero) is 1. The Kier molecular flexibility index (Phi) is 3.74. The molecule has 0 radical (unpaired) electrons. The first kappa shape index (κ1) is 13.8. The lowest BCUT2D eigenvalue weighted by Gasteiger charge is -2.43. The topological polar surface area (TPSA) is 26.3 Å². The lowest BCUT2D eigenvalue weighted by molar-refractivity contribution is -0.141. The van der Waals surface area contributed by atoms with Crippen LogP contribution in [0.5, 0.6) is 0 Å². The van der Waals surface area contributed by atoms with Crippen LogP contribution in [0.1, 0.15) is 34.6 Å². The molecule has 0 aromatic rings. The molecule has 14 heavy (non-hydrogen) atoms. The number of carbonyl (C=O) groups is 1. The summed E-state index contributed by atoms with van der Waals surface area (Å²) >= 11 is 0. The molecule has 0 spiro atoms. The molecule has 3 heteroatoms. The van der Waals surface area contributed by atoms with Crippen molar-refractivity contribution in [3.05, 3.63) is 0 Å². The molecule has 2 nitrogen and oxygen atoms in total. The monoisotopic (exact) mass is 216 g/mol. The minimum Gasteiger partial charge on any atom is -0.405 e. The highest BCUT2D eigenvalue weighted by molar-refractivity contribution is 6.70. The van der Waals surface area contributed by atoms with E-state index in [0.717, 1.165) is 0 Å². The maximum atomic E-state index is 11.7. The van der Waals surface area contributed by atoms with Crippen LogP contribution in [0.15, 0.2) is 0 Å². The largest absolute Gasteiger partial charge is 0.405 e. The molecule has 0 bridgehead atoms. The van der Waals surface area contributed by atoms with Crippen LogP contribution in [0.25, 0.3) is 0 Å². The van der Waals surface area contributed by atoms with Gasteiger partial charge in [-0.1, -0.05) is 20.8 Å². The fraction of sp³-hybridized carbons (Fsp3) is 0.909. The summed E-state index contributed by atoms with van der Waals surface area (Å²) in [6.45, 7) is 16.0. The van der Waals surface area contributed by atoms with E-state index in [2.05, 4.69) is 40.4 Å². The van der Waals surface area contributed by atoms with Gasteiger partial charge in [-0.05, 0) is 38.9 Å². The van der Waals surface area contributed by atoms with Gasteiger partial charge in [0.1, 0.15) is 5.60 Å². The second-order valence-electron chi connectivity index (χ2n) is 6.05. The van der Waals surface area contributed by atoms with Crippen molar-refractivity contribution in [2.75, 3.05) is 0 Å². The van der Waals surface area contributed by atoms with Crippen LogP contribution in [0.2, 0.25) is 19.6 Å². The fourth-order valence-corrected chi connectivity index (χ4v) is 3.04. The molecule has 0 aromatic heterocycles. The number of carbonyl (C=O) groups excluding carboxylic acids is 1. The average Bonchev–Trinajstić information content (AvgIpc) is 1.79. The highest BCUT2D eigenvalue weighted by Crippen LogP contribution is 2.36. The Morgan fingerprint density at radius 1 is 1.07 bits per heavy atom. The van der Waals surface area contributed by atoms with Gasteiger partial charge in [0, 0.05) is 0 Å². The molecule has 1 atom stereocenters. The van der Waals surface area contributed by atoms with Crippen molar-refractivity contribution in [1.29, 1.82) is 0 Å². The second-order valence-corrected chi connectivity index (χ2v) is 10.5. The molecule has 0 fully saturated rings. The summed E-state index contributed by atoms with van der Waals surface area (Å²) in [6, 6.07) is 0. The molecule has 0 aliphatic heterocycles. The summed E-state index contributed by atoms with van der Waals surface area (Å²) in [5.74, 6) is 0.118. The van der Waals surface area contributed by atoms with Crippen LogP contribution >= 0.6 is 0 Å².